The van der Waals surface area contributed by atoms with Gasteiger partial charge >= 0.3 is 6.55 Å². The zero-order valence-electron chi connectivity index (χ0n) is 12.9. The summed E-state index contributed by atoms with van der Waals surface area (Å²) in [4.78, 5) is -0.272. The molecule has 1 saturated heterocycles. The third-order valence-electron chi connectivity index (χ3n) is 4.24. The van der Waals surface area contributed by atoms with Crippen molar-refractivity contribution in [3.8, 4) is 0 Å². The third-order valence-corrected chi connectivity index (χ3v) is 6.25. The van der Waals surface area contributed by atoms with Crippen molar-refractivity contribution in [2.45, 2.75) is 37.3 Å². The third kappa shape index (κ3) is 2.71. The molecule has 0 spiro atoms. The molecule has 1 aliphatic heterocycles. The smallest absolute Gasteiger partial charge is 0.207 e. The number of rotatable bonds is 4. The van der Waals surface area contributed by atoms with E-state index in [1.54, 1.807) is 12.1 Å². The number of aromatic nitrogens is 2. The Kier molecular flexibility index (Phi) is 4.39. The number of alkyl halides is 2. The van der Waals surface area contributed by atoms with Gasteiger partial charge in [-0.3, -0.25) is 0 Å². The zero-order valence-corrected chi connectivity index (χ0v) is 13.7. The maximum Gasteiger partial charge on any atom is 0.333 e. The van der Waals surface area contributed by atoms with Gasteiger partial charge in [0.05, 0.1) is 17.9 Å². The molecule has 1 aromatic heterocycles. The van der Waals surface area contributed by atoms with Gasteiger partial charge < -0.3 is 0 Å². The van der Waals surface area contributed by atoms with Gasteiger partial charge in [0.2, 0.25) is 10.0 Å². The average molecular weight is 359 g/mol. The largest absolute Gasteiger partial charge is 0.333 e. The molecule has 0 bridgehead atoms. The van der Waals surface area contributed by atoms with Crippen molar-refractivity contribution in [2.24, 2.45) is 0 Å². The Hall–Kier alpha value is -1.87. The molecule has 0 amide bonds. The van der Waals surface area contributed by atoms with Crippen molar-refractivity contribution in [1.82, 2.24) is 14.1 Å². The lowest BCUT2D eigenvalue weighted by molar-refractivity contribution is 0.0541. The molecular weight excluding hydrogens is 343 g/mol. The molecule has 0 N–H and O–H groups in total. The van der Waals surface area contributed by atoms with Crippen molar-refractivity contribution in [3.63, 3.8) is 0 Å². The van der Waals surface area contributed by atoms with E-state index in [-0.39, 0.29) is 22.7 Å². The number of hydrogen-bond acceptors (Lipinski definition) is 3. The molecule has 2 aromatic rings. The van der Waals surface area contributed by atoms with Crippen molar-refractivity contribution in [1.29, 1.82) is 0 Å². The van der Waals surface area contributed by atoms with Crippen LogP contribution in [0.3, 0.4) is 0 Å². The Morgan fingerprint density at radius 3 is 2.62 bits per heavy atom. The first-order chi connectivity index (χ1) is 11.3. The normalized spacial score (nSPS) is 19.3. The van der Waals surface area contributed by atoms with E-state index >= 15 is 0 Å². The molecule has 0 radical (unpaired) electrons. The number of nitrogens with zero attached hydrogens (tertiary/aromatic N) is 3. The van der Waals surface area contributed by atoms with Gasteiger partial charge in [0.25, 0.3) is 0 Å². The summed E-state index contributed by atoms with van der Waals surface area (Å²) in [5, 5.41) is 3.46. The highest BCUT2D eigenvalue weighted by Gasteiger charge is 2.39. The van der Waals surface area contributed by atoms with E-state index in [4.69, 9.17) is 0 Å². The van der Waals surface area contributed by atoms with Crippen LogP contribution in [0, 0.1) is 12.7 Å². The van der Waals surface area contributed by atoms with Crippen LogP contribution in [0.15, 0.2) is 35.4 Å². The minimum Gasteiger partial charge on any atom is -0.207 e. The highest BCUT2D eigenvalue weighted by molar-refractivity contribution is 7.89. The first-order valence-electron chi connectivity index (χ1n) is 7.42. The summed E-state index contributed by atoms with van der Waals surface area (Å²) in [6.07, 6.45) is 1.97. The minimum absolute atomic E-state index is 0.135. The van der Waals surface area contributed by atoms with Crippen LogP contribution in [0.2, 0.25) is 0 Å². The molecule has 1 aromatic carbocycles. The first kappa shape index (κ1) is 17.0. The van der Waals surface area contributed by atoms with E-state index in [2.05, 4.69) is 5.10 Å². The molecule has 0 aliphatic carbocycles. The molecule has 1 atom stereocenters. The van der Waals surface area contributed by atoms with Gasteiger partial charge in [0, 0.05) is 12.1 Å². The zero-order chi connectivity index (χ0) is 17.5. The fourth-order valence-corrected chi connectivity index (χ4v) is 4.89. The van der Waals surface area contributed by atoms with Gasteiger partial charge in [-0.1, -0.05) is 18.2 Å². The van der Waals surface area contributed by atoms with Crippen LogP contribution in [0.25, 0.3) is 0 Å². The van der Waals surface area contributed by atoms with E-state index in [9.17, 15) is 21.6 Å². The lowest BCUT2D eigenvalue weighted by Crippen LogP contribution is -2.31. The Morgan fingerprint density at radius 1 is 1.29 bits per heavy atom. The molecule has 24 heavy (non-hydrogen) atoms. The summed E-state index contributed by atoms with van der Waals surface area (Å²) in [5.41, 5.74) is 0.154. The second-order valence-electron chi connectivity index (χ2n) is 5.61. The van der Waals surface area contributed by atoms with Crippen molar-refractivity contribution < 1.29 is 21.6 Å². The summed E-state index contributed by atoms with van der Waals surface area (Å²) in [5.74, 6) is -0.482. The van der Waals surface area contributed by atoms with Crippen LogP contribution in [0.4, 0.5) is 13.2 Å². The van der Waals surface area contributed by atoms with Crippen molar-refractivity contribution in [2.75, 3.05) is 6.54 Å². The lowest BCUT2D eigenvalue weighted by Gasteiger charge is -2.24. The predicted molar refractivity (Wildman–Crippen MR) is 80.5 cm³/mol. The minimum atomic E-state index is -4.05. The van der Waals surface area contributed by atoms with Gasteiger partial charge in [-0.05, 0) is 25.8 Å². The molecule has 0 unspecified atom stereocenters. The molecule has 3 rings (SSSR count). The maximum atomic E-state index is 14.1. The summed E-state index contributed by atoms with van der Waals surface area (Å²) in [6, 6.07) is 5.35. The SMILES string of the molecule is Cc1c(S(=O)(=O)N2CCC[C@@H]2c2ccccc2F)cnn1C(F)F. The standard InChI is InChI=1S/C15H16F3N3O2S/c1-10-14(9-19-21(10)15(17)18)24(22,23)20-8-4-7-13(20)11-5-2-3-6-12(11)16/h2-3,5-6,9,13,15H,4,7-8H2,1H3/t13-/m1/s1. The number of benzene rings is 1. The Bertz CT molecular complexity index is 851. The van der Waals surface area contributed by atoms with Crippen LogP contribution in [-0.4, -0.2) is 29.0 Å². The molecule has 1 fully saturated rings. The van der Waals surface area contributed by atoms with E-state index < -0.39 is 28.4 Å². The molecule has 9 heteroatoms. The van der Waals surface area contributed by atoms with Gasteiger partial charge in [-0.25, -0.2) is 17.5 Å². The Labute approximate surface area is 137 Å². The monoisotopic (exact) mass is 359 g/mol. The fraction of sp³-hybridized carbons (Fsp3) is 0.400. The van der Waals surface area contributed by atoms with Crippen LogP contribution in [0.1, 0.15) is 36.7 Å². The first-order valence-corrected chi connectivity index (χ1v) is 8.86. The maximum absolute atomic E-state index is 14.1. The van der Waals surface area contributed by atoms with Gasteiger partial charge in [0.15, 0.2) is 0 Å². The van der Waals surface area contributed by atoms with Gasteiger partial charge in [-0.2, -0.15) is 18.2 Å². The summed E-state index contributed by atoms with van der Waals surface area (Å²) in [6.45, 7) is -1.43. The van der Waals surface area contributed by atoms with E-state index in [1.807, 2.05) is 0 Å². The molecule has 0 saturated carbocycles. The van der Waals surface area contributed by atoms with Gasteiger partial charge in [0.1, 0.15) is 10.7 Å². The quantitative estimate of drug-likeness (QED) is 0.842. The molecule has 5 nitrogen and oxygen atoms in total. The van der Waals surface area contributed by atoms with Crippen molar-refractivity contribution in [3.05, 3.63) is 47.5 Å². The molecular formula is C15H16F3N3O2S. The predicted octanol–water partition coefficient (Wildman–Crippen LogP) is 3.25. The van der Waals surface area contributed by atoms with E-state index in [1.165, 1.54) is 23.4 Å². The second-order valence-corrected chi connectivity index (χ2v) is 7.47. The number of sulfonamides is 1. The average Bonchev–Trinajstić information content (AvgIpc) is 3.14. The summed E-state index contributed by atoms with van der Waals surface area (Å²) >= 11 is 0. The second kappa shape index (κ2) is 6.21. The van der Waals surface area contributed by atoms with E-state index in [0.717, 1.165) is 6.20 Å². The van der Waals surface area contributed by atoms with Crippen molar-refractivity contribution >= 4 is 10.0 Å². The Morgan fingerprint density at radius 2 is 2.00 bits per heavy atom. The molecule has 2 heterocycles. The van der Waals surface area contributed by atoms with Gasteiger partial charge in [-0.15, -0.1) is 0 Å². The summed E-state index contributed by atoms with van der Waals surface area (Å²) in [7, 11) is -4.05. The van der Waals surface area contributed by atoms with E-state index in [0.29, 0.717) is 17.5 Å². The lowest BCUT2D eigenvalue weighted by atomic mass is 10.1. The topological polar surface area (TPSA) is 55.2 Å². The fourth-order valence-electron chi connectivity index (χ4n) is 3.07. The molecule has 130 valence electrons. The van der Waals surface area contributed by atoms with Crippen LogP contribution in [0.5, 0.6) is 0 Å². The molecule has 1 aliphatic rings. The highest BCUT2D eigenvalue weighted by atomic mass is 32.2. The highest BCUT2D eigenvalue weighted by Crippen LogP contribution is 2.38. The van der Waals surface area contributed by atoms with Crippen LogP contribution in [-0.2, 0) is 10.0 Å². The number of hydrogen-bond donors (Lipinski definition) is 0. The van der Waals surface area contributed by atoms with Crippen LogP contribution < -0.4 is 0 Å². The Balaban J connectivity index is 2.02. The van der Waals surface area contributed by atoms with Crippen LogP contribution >= 0.6 is 0 Å². The summed E-state index contributed by atoms with van der Waals surface area (Å²) < 4.78 is 67.1. The number of halogens is 3.